The molecule has 0 spiro atoms. The molecular formula is C50H64O2P4. The molecule has 0 aromatic heterocycles. The van der Waals surface area contributed by atoms with Gasteiger partial charge in [-0.15, -0.1) is 0 Å². The molecule has 0 amide bonds. The van der Waals surface area contributed by atoms with Gasteiger partial charge in [0.05, 0.1) is 14.2 Å². The molecule has 5 aromatic carbocycles. The summed E-state index contributed by atoms with van der Waals surface area (Å²) >= 11 is 0. The number of hydrogen-bond donors (Lipinski definition) is 0. The molecule has 6 heteroatoms. The van der Waals surface area contributed by atoms with Gasteiger partial charge in [0.1, 0.15) is 11.5 Å². The molecule has 7 rings (SSSR count). The van der Waals surface area contributed by atoms with E-state index in [0.717, 1.165) is 70.1 Å². The van der Waals surface area contributed by atoms with Gasteiger partial charge in [0.2, 0.25) is 0 Å². The summed E-state index contributed by atoms with van der Waals surface area (Å²) in [7, 11) is 2.37. The third kappa shape index (κ3) is 9.17. The Morgan fingerprint density at radius 2 is 0.679 bits per heavy atom. The number of para-hydroxylation sites is 2. The molecule has 2 fully saturated rings. The maximum Gasteiger partial charge on any atom is 0.126 e. The lowest BCUT2D eigenvalue weighted by Gasteiger charge is -2.31. The number of rotatable bonds is 11. The fraction of sp³-hybridized carbons (Fsp3) is 0.400. The molecule has 10 atom stereocenters. The zero-order chi connectivity index (χ0) is 39.9. The summed E-state index contributed by atoms with van der Waals surface area (Å²) in [5, 5.41) is 8.92. The Kier molecular flexibility index (Phi) is 15.3. The fourth-order valence-corrected chi connectivity index (χ4v) is 23.0. The Bertz CT molecular complexity index is 1800. The summed E-state index contributed by atoms with van der Waals surface area (Å²) in [6, 6.07) is 48.3. The van der Waals surface area contributed by atoms with Crippen LogP contribution in [-0.4, -0.2) is 49.2 Å². The van der Waals surface area contributed by atoms with Crippen molar-refractivity contribution in [2.45, 2.75) is 78.0 Å². The average molecular weight is 821 g/mol. The molecule has 56 heavy (non-hydrogen) atoms. The van der Waals surface area contributed by atoms with Gasteiger partial charge in [0.25, 0.3) is 0 Å². The van der Waals surface area contributed by atoms with Crippen molar-refractivity contribution in [1.29, 1.82) is 0 Å². The molecule has 2 heterocycles. The van der Waals surface area contributed by atoms with Gasteiger partial charge in [-0.05, 0) is 108 Å². The van der Waals surface area contributed by atoms with Crippen LogP contribution < -0.4 is 41.3 Å². The summed E-state index contributed by atoms with van der Waals surface area (Å²) in [5.41, 5.74) is 3.46. The minimum absolute atomic E-state index is 0.0287. The minimum atomic E-state index is -0.554. The van der Waals surface area contributed by atoms with Crippen molar-refractivity contribution in [1.82, 2.24) is 0 Å². The molecule has 2 nitrogen and oxygen atoms in total. The highest BCUT2D eigenvalue weighted by atomic mass is 31.1. The van der Waals surface area contributed by atoms with Crippen LogP contribution in [0.3, 0.4) is 0 Å². The summed E-state index contributed by atoms with van der Waals surface area (Å²) < 4.78 is 11.5. The van der Waals surface area contributed by atoms with Crippen LogP contribution in [0.1, 0.15) is 55.4 Å². The standard InChI is InChI=1S/C28H28O2P2.C22H36P2/c1-29-25-17-9-11-19-27(25)31(23-13-5-3-6-14-23)21-22-32(24-15-7-4-8-16-24)28-20-12-10-18-26(28)30-2;1-13-14(2)18(6)23(17(13)5)21-11-9-10-12-22(21)24-19(7)15(3)16(4)20(24)8/h3-20H,21-22H2,1-2H3;9-20H,1-8H3/t;13-,14-,15-,16-,17-,18-,19-,20-/m.0/s1. The summed E-state index contributed by atoms with van der Waals surface area (Å²) in [4.78, 5) is 0. The summed E-state index contributed by atoms with van der Waals surface area (Å²) in [6.07, 6.45) is 2.16. The monoisotopic (exact) mass is 820 g/mol. The molecule has 2 saturated heterocycles. The first kappa shape index (κ1) is 43.0. The van der Waals surface area contributed by atoms with Crippen molar-refractivity contribution in [3.05, 3.63) is 133 Å². The Morgan fingerprint density at radius 3 is 1.00 bits per heavy atom. The maximum absolute atomic E-state index is 5.76. The zero-order valence-corrected chi connectivity index (χ0v) is 38.9. The SMILES string of the molecule is COc1ccccc1P(CCP(c1ccccc1)c1ccccc1OC)c1ccccc1.C[C@H]1[C@H](C)[C@H](C)P(c2ccccc2P2[C@@H](C)[C@@H](C)[C@H](C)[C@@H]2C)[C@H]1C. The maximum atomic E-state index is 5.76. The van der Waals surface area contributed by atoms with E-state index < -0.39 is 15.8 Å². The highest BCUT2D eigenvalue weighted by molar-refractivity contribution is 7.77. The van der Waals surface area contributed by atoms with E-state index in [1.807, 2.05) is 12.1 Å². The van der Waals surface area contributed by atoms with Crippen LogP contribution in [0.4, 0.5) is 0 Å². The van der Waals surface area contributed by atoms with Crippen LogP contribution >= 0.6 is 31.7 Å². The summed E-state index contributed by atoms with van der Waals surface area (Å²) in [6.45, 7) is 20.1. The van der Waals surface area contributed by atoms with Gasteiger partial charge in [-0.3, -0.25) is 0 Å². The van der Waals surface area contributed by atoms with Crippen molar-refractivity contribution in [2.24, 2.45) is 23.7 Å². The molecule has 0 N–H and O–H groups in total. The lowest BCUT2D eigenvalue weighted by molar-refractivity contribution is 0.413. The van der Waals surface area contributed by atoms with Crippen molar-refractivity contribution >= 4 is 63.5 Å². The Morgan fingerprint density at radius 1 is 0.393 bits per heavy atom. The van der Waals surface area contributed by atoms with Gasteiger partial charge >= 0.3 is 0 Å². The van der Waals surface area contributed by atoms with Crippen molar-refractivity contribution in [3.63, 3.8) is 0 Å². The molecule has 0 saturated carbocycles. The van der Waals surface area contributed by atoms with Gasteiger partial charge in [0.15, 0.2) is 0 Å². The lowest BCUT2D eigenvalue weighted by atomic mass is 9.92. The smallest absolute Gasteiger partial charge is 0.126 e. The second-order valence-electron chi connectivity index (χ2n) is 16.0. The van der Waals surface area contributed by atoms with Crippen molar-refractivity contribution < 1.29 is 9.47 Å². The van der Waals surface area contributed by atoms with E-state index in [1.165, 1.54) is 21.2 Å². The number of ether oxygens (including phenoxy) is 2. The number of hydrogen-bond acceptors (Lipinski definition) is 2. The first-order valence-electron chi connectivity index (χ1n) is 20.7. The highest BCUT2D eigenvalue weighted by Crippen LogP contribution is 2.63. The normalized spacial score (nSPS) is 28.2. The van der Waals surface area contributed by atoms with E-state index in [4.69, 9.17) is 9.47 Å². The van der Waals surface area contributed by atoms with Gasteiger partial charge < -0.3 is 9.47 Å². The van der Waals surface area contributed by atoms with Gasteiger partial charge in [0, 0.05) is 10.6 Å². The average Bonchev–Trinajstić information content (AvgIpc) is 3.56. The third-order valence-electron chi connectivity index (χ3n) is 13.3. The molecule has 2 aliphatic rings. The predicted molar refractivity (Wildman–Crippen MR) is 255 cm³/mol. The molecule has 296 valence electrons. The third-order valence-corrected chi connectivity index (χ3v) is 26.2. The predicted octanol–water partition coefficient (Wildman–Crippen LogP) is 11.3. The fourth-order valence-electron chi connectivity index (χ4n) is 9.19. The lowest BCUT2D eigenvalue weighted by Crippen LogP contribution is -2.29. The number of methoxy groups -OCH3 is 2. The molecule has 0 bridgehead atoms. The highest BCUT2D eigenvalue weighted by Gasteiger charge is 2.46. The second-order valence-corrected chi connectivity index (χ2v) is 26.5. The van der Waals surface area contributed by atoms with Gasteiger partial charge in [-0.2, -0.15) is 0 Å². The second kappa shape index (κ2) is 19.9. The molecule has 2 aliphatic heterocycles. The number of benzene rings is 5. The Hall–Kier alpha value is -2.58. The summed E-state index contributed by atoms with van der Waals surface area (Å²) in [5.74, 6) is 5.41. The van der Waals surface area contributed by atoms with E-state index in [0.29, 0.717) is 0 Å². The Balaban J connectivity index is 0.000000198. The minimum Gasteiger partial charge on any atom is -0.496 e. The zero-order valence-electron chi connectivity index (χ0n) is 35.3. The van der Waals surface area contributed by atoms with E-state index in [9.17, 15) is 0 Å². The first-order valence-corrected chi connectivity index (χ1v) is 26.7. The van der Waals surface area contributed by atoms with E-state index in [2.05, 4.69) is 177 Å². The topological polar surface area (TPSA) is 18.5 Å². The van der Waals surface area contributed by atoms with E-state index >= 15 is 0 Å². The van der Waals surface area contributed by atoms with Crippen molar-refractivity contribution in [2.75, 3.05) is 26.5 Å². The van der Waals surface area contributed by atoms with Crippen LogP contribution in [0, 0.1) is 23.7 Å². The largest absolute Gasteiger partial charge is 0.496 e. The quantitative estimate of drug-likeness (QED) is 0.124. The van der Waals surface area contributed by atoms with Crippen LogP contribution in [0.15, 0.2) is 133 Å². The van der Waals surface area contributed by atoms with E-state index in [1.54, 1.807) is 24.8 Å². The van der Waals surface area contributed by atoms with Crippen molar-refractivity contribution in [3.8, 4) is 11.5 Å². The van der Waals surface area contributed by atoms with Crippen LogP contribution in [0.25, 0.3) is 0 Å². The molecule has 5 aromatic rings. The molecule has 0 aliphatic carbocycles. The van der Waals surface area contributed by atoms with Crippen LogP contribution in [-0.2, 0) is 0 Å². The van der Waals surface area contributed by atoms with Crippen LogP contribution in [0.5, 0.6) is 11.5 Å². The van der Waals surface area contributed by atoms with Crippen LogP contribution in [0.2, 0.25) is 0 Å². The Labute approximate surface area is 344 Å². The first-order chi connectivity index (χ1) is 27.1. The van der Waals surface area contributed by atoms with Gasteiger partial charge in [-0.1, -0.05) is 193 Å². The molecular weight excluding hydrogens is 756 g/mol. The molecule has 2 unspecified atom stereocenters. The van der Waals surface area contributed by atoms with E-state index in [-0.39, 0.29) is 15.8 Å². The molecule has 0 radical (unpaired) electrons. The van der Waals surface area contributed by atoms with Gasteiger partial charge in [-0.25, -0.2) is 0 Å².